The predicted octanol–water partition coefficient (Wildman–Crippen LogP) is 4.46. The number of nitrogens with zero attached hydrogens (tertiary/aromatic N) is 5. The van der Waals surface area contributed by atoms with Crippen molar-refractivity contribution in [3.05, 3.63) is 78.1 Å². The van der Waals surface area contributed by atoms with E-state index in [0.717, 1.165) is 46.1 Å². The molecule has 4 N–H and O–H groups in total. The number of rotatable bonds is 5. The van der Waals surface area contributed by atoms with Crippen molar-refractivity contribution in [1.29, 1.82) is 0 Å². The van der Waals surface area contributed by atoms with Crippen LogP contribution in [0.25, 0.3) is 22.2 Å². The minimum absolute atomic E-state index is 0.158. The van der Waals surface area contributed by atoms with E-state index in [1.165, 1.54) is 39.0 Å². The summed E-state index contributed by atoms with van der Waals surface area (Å²) in [5.41, 5.74) is 18.9. The largest absolute Gasteiger partial charge is 0.397 e. The molecule has 6 rings (SSSR count). The topological polar surface area (TPSA) is 89.2 Å². The summed E-state index contributed by atoms with van der Waals surface area (Å²) in [5, 5.41) is 6.17. The lowest BCUT2D eigenvalue weighted by Gasteiger charge is -2.41. The van der Waals surface area contributed by atoms with Crippen molar-refractivity contribution in [3.8, 4) is 11.3 Å². The standard InChI is InChI=1S/C30H37N7/c1-35-15-17-36(18-16-35)24-11-13-25(14-12-24)37-27-20-33-19-26(31)28(27)30(34-37)23-9-7-22(8-10-23)29(32)21-5-3-2-4-6-21/h2-10,19-20,24-25,29H,11-18,31-32H2,1H3. The van der Waals surface area contributed by atoms with Crippen LogP contribution in [0.1, 0.15) is 48.9 Å². The second kappa shape index (κ2) is 10.2. The van der Waals surface area contributed by atoms with E-state index in [0.29, 0.717) is 17.8 Å². The molecule has 7 nitrogen and oxygen atoms in total. The Morgan fingerprint density at radius 1 is 0.811 bits per heavy atom. The van der Waals surface area contributed by atoms with Crippen LogP contribution in [0.2, 0.25) is 0 Å². The molecule has 2 fully saturated rings. The van der Waals surface area contributed by atoms with Crippen LogP contribution in [-0.2, 0) is 0 Å². The van der Waals surface area contributed by atoms with Crippen LogP contribution < -0.4 is 11.5 Å². The quantitative estimate of drug-likeness (QED) is 0.425. The zero-order valence-electron chi connectivity index (χ0n) is 21.6. The van der Waals surface area contributed by atoms with E-state index in [1.807, 2.05) is 24.4 Å². The van der Waals surface area contributed by atoms with Gasteiger partial charge in [0, 0.05) is 37.8 Å². The summed E-state index contributed by atoms with van der Waals surface area (Å²) in [6.07, 6.45) is 8.36. The van der Waals surface area contributed by atoms with Crippen molar-refractivity contribution in [1.82, 2.24) is 24.6 Å². The average molecular weight is 496 g/mol. The van der Waals surface area contributed by atoms with Crippen LogP contribution in [0, 0.1) is 0 Å². The van der Waals surface area contributed by atoms with Crippen LogP contribution in [0.4, 0.5) is 5.69 Å². The Labute approximate surface area is 219 Å². The molecule has 0 spiro atoms. The molecule has 1 atom stereocenters. The van der Waals surface area contributed by atoms with Gasteiger partial charge in [-0.2, -0.15) is 5.10 Å². The van der Waals surface area contributed by atoms with Crippen LogP contribution >= 0.6 is 0 Å². The van der Waals surface area contributed by atoms with Crippen LogP contribution in [0.15, 0.2) is 67.0 Å². The van der Waals surface area contributed by atoms with E-state index in [2.05, 4.69) is 62.9 Å². The highest BCUT2D eigenvalue weighted by atomic mass is 15.3. The maximum absolute atomic E-state index is 6.54. The van der Waals surface area contributed by atoms with Gasteiger partial charge in [-0.1, -0.05) is 54.6 Å². The lowest BCUT2D eigenvalue weighted by Crippen LogP contribution is -2.49. The fraction of sp³-hybridized carbons (Fsp3) is 0.400. The van der Waals surface area contributed by atoms with Crippen molar-refractivity contribution in [3.63, 3.8) is 0 Å². The Morgan fingerprint density at radius 2 is 1.46 bits per heavy atom. The number of nitrogens with two attached hydrogens (primary N) is 2. The Morgan fingerprint density at radius 3 is 2.16 bits per heavy atom. The molecule has 4 aromatic rings. The number of likely N-dealkylation sites (N-methyl/N-ethyl adjacent to an activating group) is 1. The third-order valence-electron chi connectivity index (χ3n) is 8.41. The molecule has 3 heterocycles. The molecule has 0 amide bonds. The van der Waals surface area contributed by atoms with Crippen LogP contribution in [0.3, 0.4) is 0 Å². The summed E-state index contributed by atoms with van der Waals surface area (Å²) in [6.45, 7) is 4.72. The molecule has 2 aromatic carbocycles. The third-order valence-corrected chi connectivity index (χ3v) is 8.41. The molecule has 1 saturated heterocycles. The maximum atomic E-state index is 6.54. The van der Waals surface area contributed by atoms with Gasteiger partial charge in [-0.05, 0) is 43.9 Å². The zero-order chi connectivity index (χ0) is 25.4. The summed E-state index contributed by atoms with van der Waals surface area (Å²) in [5.74, 6) is 0. The van der Waals surface area contributed by atoms with Crippen molar-refractivity contribution < 1.29 is 0 Å². The van der Waals surface area contributed by atoms with E-state index in [1.54, 1.807) is 6.20 Å². The molecule has 192 valence electrons. The van der Waals surface area contributed by atoms with Gasteiger partial charge in [-0.3, -0.25) is 14.6 Å². The fourth-order valence-electron chi connectivity index (χ4n) is 6.15. The van der Waals surface area contributed by atoms with E-state index in [9.17, 15) is 0 Å². The summed E-state index contributed by atoms with van der Waals surface area (Å²) < 4.78 is 2.21. The zero-order valence-corrected chi connectivity index (χ0v) is 21.6. The minimum Gasteiger partial charge on any atom is -0.397 e. The van der Waals surface area contributed by atoms with Crippen LogP contribution in [0.5, 0.6) is 0 Å². The number of anilines is 1. The molecule has 2 aromatic heterocycles. The first kappa shape index (κ1) is 24.1. The van der Waals surface area contributed by atoms with E-state index >= 15 is 0 Å². The first-order valence-electron chi connectivity index (χ1n) is 13.5. The minimum atomic E-state index is -0.158. The first-order chi connectivity index (χ1) is 18.1. The maximum Gasteiger partial charge on any atom is 0.102 e. The van der Waals surface area contributed by atoms with Gasteiger partial charge >= 0.3 is 0 Å². The molecule has 1 saturated carbocycles. The molecular weight excluding hydrogens is 458 g/mol. The van der Waals surface area contributed by atoms with Gasteiger partial charge in [0.2, 0.25) is 0 Å². The second-order valence-electron chi connectivity index (χ2n) is 10.7. The number of piperazine rings is 1. The SMILES string of the molecule is CN1CCN(C2CCC(n3nc(-c4ccc(C(N)c5ccccc5)cc4)c4c(N)cncc43)CC2)CC1. The smallest absolute Gasteiger partial charge is 0.102 e. The highest BCUT2D eigenvalue weighted by molar-refractivity contribution is 6.01. The van der Waals surface area contributed by atoms with Crippen molar-refractivity contribution >= 4 is 16.6 Å². The van der Waals surface area contributed by atoms with Gasteiger partial charge in [0.15, 0.2) is 0 Å². The number of aromatic nitrogens is 3. The summed E-state index contributed by atoms with van der Waals surface area (Å²) in [7, 11) is 2.22. The predicted molar refractivity (Wildman–Crippen MR) is 150 cm³/mol. The van der Waals surface area contributed by atoms with E-state index in [-0.39, 0.29) is 6.04 Å². The number of nitrogen functional groups attached to an aromatic ring is 1. The summed E-state index contributed by atoms with van der Waals surface area (Å²) >= 11 is 0. The molecule has 2 aliphatic rings. The van der Waals surface area contributed by atoms with Gasteiger partial charge in [0.25, 0.3) is 0 Å². The normalized spacial score (nSPS) is 22.3. The average Bonchev–Trinajstić information content (AvgIpc) is 3.35. The van der Waals surface area contributed by atoms with Gasteiger partial charge in [-0.15, -0.1) is 0 Å². The molecule has 1 unspecified atom stereocenters. The molecule has 7 heteroatoms. The molecule has 0 radical (unpaired) electrons. The molecule has 1 aliphatic carbocycles. The summed E-state index contributed by atoms with van der Waals surface area (Å²) in [4.78, 5) is 9.55. The van der Waals surface area contributed by atoms with E-state index < -0.39 is 0 Å². The Balaban J connectivity index is 1.25. The summed E-state index contributed by atoms with van der Waals surface area (Å²) in [6, 6.07) is 19.6. The Hall–Kier alpha value is -3.26. The fourth-order valence-corrected chi connectivity index (χ4v) is 6.15. The Bertz CT molecular complexity index is 1330. The lowest BCUT2D eigenvalue weighted by atomic mass is 9.89. The lowest BCUT2D eigenvalue weighted by molar-refractivity contribution is 0.0816. The first-order valence-corrected chi connectivity index (χ1v) is 13.5. The van der Waals surface area contributed by atoms with Crippen molar-refractivity contribution in [2.45, 2.75) is 43.8 Å². The van der Waals surface area contributed by atoms with Crippen molar-refractivity contribution in [2.24, 2.45) is 5.73 Å². The third kappa shape index (κ3) is 4.75. The highest BCUT2D eigenvalue weighted by Gasteiger charge is 2.30. The van der Waals surface area contributed by atoms with E-state index in [4.69, 9.17) is 16.6 Å². The highest BCUT2D eigenvalue weighted by Crippen LogP contribution is 2.38. The van der Waals surface area contributed by atoms with Gasteiger partial charge < -0.3 is 16.4 Å². The van der Waals surface area contributed by atoms with Gasteiger partial charge in [-0.25, -0.2) is 0 Å². The Kier molecular flexibility index (Phi) is 6.67. The molecular formula is C30H37N7. The molecule has 1 aliphatic heterocycles. The number of hydrogen-bond acceptors (Lipinski definition) is 6. The number of pyridine rings is 1. The monoisotopic (exact) mass is 495 g/mol. The number of hydrogen-bond donors (Lipinski definition) is 2. The van der Waals surface area contributed by atoms with Crippen molar-refractivity contribution in [2.75, 3.05) is 39.0 Å². The molecule has 0 bridgehead atoms. The van der Waals surface area contributed by atoms with Gasteiger partial charge in [0.1, 0.15) is 5.69 Å². The second-order valence-corrected chi connectivity index (χ2v) is 10.7. The van der Waals surface area contributed by atoms with Crippen LogP contribution in [-0.4, -0.2) is 63.8 Å². The number of fused-ring (bicyclic) bond motifs is 1. The molecule has 37 heavy (non-hydrogen) atoms. The number of benzene rings is 2. The van der Waals surface area contributed by atoms with Gasteiger partial charge in [0.05, 0.1) is 41.1 Å².